The van der Waals surface area contributed by atoms with Crippen molar-refractivity contribution in [3.8, 4) is 0 Å². The molecule has 3 aromatic carbocycles. The zero-order valence-corrected chi connectivity index (χ0v) is 18.6. The molecular formula is C25H21FN2O4S. The third-order valence-corrected chi connectivity index (χ3v) is 6.94. The highest BCUT2D eigenvalue weighted by Gasteiger charge is 2.23. The Morgan fingerprint density at radius 3 is 2.45 bits per heavy atom. The maximum absolute atomic E-state index is 14.1. The van der Waals surface area contributed by atoms with Gasteiger partial charge in [0.15, 0.2) is 15.6 Å². The van der Waals surface area contributed by atoms with Crippen molar-refractivity contribution in [3.05, 3.63) is 95.9 Å². The van der Waals surface area contributed by atoms with E-state index >= 15 is 0 Å². The number of hydrogen-bond acceptors (Lipinski definition) is 4. The van der Waals surface area contributed by atoms with Gasteiger partial charge in [-0.25, -0.2) is 12.8 Å². The summed E-state index contributed by atoms with van der Waals surface area (Å²) >= 11 is 0. The van der Waals surface area contributed by atoms with Gasteiger partial charge in [0.1, 0.15) is 12.4 Å². The fourth-order valence-corrected chi connectivity index (χ4v) is 5.26. The number of ketones is 1. The number of fused-ring (bicyclic) bond motifs is 1. The number of aromatic nitrogens is 1. The summed E-state index contributed by atoms with van der Waals surface area (Å²) in [5.74, 6) is -1.57. The Morgan fingerprint density at radius 2 is 1.70 bits per heavy atom. The minimum Gasteiger partial charge on any atom is -0.337 e. The molecule has 1 heterocycles. The SMILES string of the molecule is CC(=O)c1cccc(NC(=O)Cn2cc(S(=O)(=O)Cc3ccccc3F)c3ccccc32)c1. The predicted octanol–water partition coefficient (Wildman–Crippen LogP) is 4.60. The van der Waals surface area contributed by atoms with Crippen LogP contribution in [0.4, 0.5) is 10.1 Å². The van der Waals surface area contributed by atoms with E-state index in [1.165, 1.54) is 31.3 Å². The third-order valence-electron chi connectivity index (χ3n) is 5.26. The lowest BCUT2D eigenvalue weighted by Gasteiger charge is -2.08. The Labute approximate surface area is 190 Å². The average Bonchev–Trinajstić information content (AvgIpc) is 3.15. The maximum Gasteiger partial charge on any atom is 0.244 e. The summed E-state index contributed by atoms with van der Waals surface area (Å²) in [6, 6.07) is 19.2. The highest BCUT2D eigenvalue weighted by molar-refractivity contribution is 7.90. The zero-order chi connectivity index (χ0) is 23.6. The van der Waals surface area contributed by atoms with Crippen LogP contribution in [0.5, 0.6) is 0 Å². The molecule has 0 saturated carbocycles. The maximum atomic E-state index is 14.1. The van der Waals surface area contributed by atoms with Crippen LogP contribution < -0.4 is 5.32 Å². The molecule has 0 spiro atoms. The molecule has 0 atom stereocenters. The van der Waals surface area contributed by atoms with Crippen LogP contribution in [0.2, 0.25) is 0 Å². The lowest BCUT2D eigenvalue weighted by Crippen LogP contribution is -2.18. The summed E-state index contributed by atoms with van der Waals surface area (Å²) in [6.07, 6.45) is 1.41. The molecule has 1 amide bonds. The fourth-order valence-electron chi connectivity index (χ4n) is 3.66. The normalized spacial score (nSPS) is 11.5. The van der Waals surface area contributed by atoms with Crippen molar-refractivity contribution in [2.45, 2.75) is 24.1 Å². The summed E-state index contributed by atoms with van der Waals surface area (Å²) in [4.78, 5) is 24.3. The first kappa shape index (κ1) is 22.4. The number of sulfone groups is 1. The van der Waals surface area contributed by atoms with Crippen LogP contribution in [0, 0.1) is 5.82 Å². The van der Waals surface area contributed by atoms with Gasteiger partial charge in [0, 0.05) is 33.9 Å². The number of Topliss-reactive ketones (excluding diaryl/α,β-unsaturated/α-hetero) is 1. The van der Waals surface area contributed by atoms with Gasteiger partial charge in [-0.3, -0.25) is 9.59 Å². The van der Waals surface area contributed by atoms with Crippen molar-refractivity contribution in [1.82, 2.24) is 4.57 Å². The van der Waals surface area contributed by atoms with E-state index in [4.69, 9.17) is 0 Å². The lowest BCUT2D eigenvalue weighted by atomic mass is 10.1. The van der Waals surface area contributed by atoms with E-state index in [0.717, 1.165) is 0 Å². The smallest absolute Gasteiger partial charge is 0.244 e. The zero-order valence-electron chi connectivity index (χ0n) is 17.8. The van der Waals surface area contributed by atoms with E-state index < -0.39 is 21.4 Å². The summed E-state index contributed by atoms with van der Waals surface area (Å²) in [6.45, 7) is 1.30. The summed E-state index contributed by atoms with van der Waals surface area (Å²) in [5.41, 5.74) is 1.59. The van der Waals surface area contributed by atoms with E-state index in [-0.39, 0.29) is 28.7 Å². The number of carbonyl (C=O) groups is 2. The second-order valence-corrected chi connectivity index (χ2v) is 9.63. The van der Waals surface area contributed by atoms with Gasteiger partial charge >= 0.3 is 0 Å². The Morgan fingerprint density at radius 1 is 0.970 bits per heavy atom. The summed E-state index contributed by atoms with van der Waals surface area (Å²) < 4.78 is 41.9. The number of carbonyl (C=O) groups excluding carboxylic acids is 2. The molecule has 33 heavy (non-hydrogen) atoms. The van der Waals surface area contributed by atoms with Gasteiger partial charge in [0.2, 0.25) is 5.91 Å². The molecular weight excluding hydrogens is 443 g/mol. The first-order valence-corrected chi connectivity index (χ1v) is 11.8. The molecule has 1 aromatic heterocycles. The Bertz CT molecular complexity index is 1470. The van der Waals surface area contributed by atoms with Crippen molar-refractivity contribution >= 4 is 38.1 Å². The van der Waals surface area contributed by atoms with Crippen LogP contribution in [0.25, 0.3) is 10.9 Å². The van der Waals surface area contributed by atoms with Crippen LogP contribution >= 0.6 is 0 Å². The highest BCUT2D eigenvalue weighted by atomic mass is 32.2. The fraction of sp³-hybridized carbons (Fsp3) is 0.120. The number of nitrogens with one attached hydrogen (secondary N) is 1. The molecule has 4 aromatic rings. The molecule has 0 saturated heterocycles. The van der Waals surface area contributed by atoms with Crippen molar-refractivity contribution < 1.29 is 22.4 Å². The summed E-state index contributed by atoms with van der Waals surface area (Å²) in [5, 5.41) is 3.19. The Balaban J connectivity index is 1.63. The number of para-hydroxylation sites is 1. The van der Waals surface area contributed by atoms with Crippen molar-refractivity contribution in [2.75, 3.05) is 5.32 Å². The predicted molar refractivity (Wildman–Crippen MR) is 124 cm³/mol. The highest BCUT2D eigenvalue weighted by Crippen LogP contribution is 2.28. The molecule has 6 nitrogen and oxygen atoms in total. The van der Waals surface area contributed by atoms with E-state index in [2.05, 4.69) is 5.32 Å². The monoisotopic (exact) mass is 464 g/mol. The van der Waals surface area contributed by atoms with Gasteiger partial charge in [-0.2, -0.15) is 0 Å². The van der Waals surface area contributed by atoms with E-state index in [1.807, 2.05) is 0 Å². The van der Waals surface area contributed by atoms with Gasteiger partial charge in [0.05, 0.1) is 10.6 Å². The number of halogens is 1. The second kappa shape index (κ2) is 8.99. The quantitative estimate of drug-likeness (QED) is 0.405. The first-order valence-electron chi connectivity index (χ1n) is 10.2. The topological polar surface area (TPSA) is 85.2 Å². The first-order chi connectivity index (χ1) is 15.7. The number of amides is 1. The van der Waals surface area contributed by atoms with Crippen molar-refractivity contribution in [1.29, 1.82) is 0 Å². The van der Waals surface area contributed by atoms with Crippen LogP contribution in [0.1, 0.15) is 22.8 Å². The molecule has 0 radical (unpaired) electrons. The standard InChI is InChI=1S/C25H21FN2O4S/c1-17(29)18-8-6-9-20(13-18)27-25(30)15-28-14-24(21-10-3-5-12-23(21)28)33(31,32)16-19-7-2-4-11-22(19)26/h2-14H,15-16H2,1H3,(H,27,30). The van der Waals surface area contributed by atoms with Gasteiger partial charge in [0.25, 0.3) is 0 Å². The second-order valence-electron chi connectivity index (χ2n) is 7.67. The Hall–Kier alpha value is -3.78. The molecule has 0 bridgehead atoms. The molecule has 0 aliphatic heterocycles. The minimum atomic E-state index is -3.88. The minimum absolute atomic E-state index is 0.0349. The molecule has 0 aliphatic carbocycles. The van der Waals surface area contributed by atoms with Crippen LogP contribution in [0.3, 0.4) is 0 Å². The number of anilines is 1. The summed E-state index contributed by atoms with van der Waals surface area (Å²) in [7, 11) is -3.88. The number of rotatable bonds is 7. The van der Waals surface area contributed by atoms with Crippen molar-refractivity contribution in [2.24, 2.45) is 0 Å². The van der Waals surface area contributed by atoms with E-state index in [1.54, 1.807) is 59.2 Å². The number of benzene rings is 3. The van der Waals surface area contributed by atoms with Crippen LogP contribution in [-0.4, -0.2) is 24.7 Å². The van der Waals surface area contributed by atoms with Crippen molar-refractivity contribution in [3.63, 3.8) is 0 Å². The van der Waals surface area contributed by atoms with Gasteiger partial charge in [-0.05, 0) is 31.2 Å². The molecule has 8 heteroatoms. The van der Waals surface area contributed by atoms with Gasteiger partial charge < -0.3 is 9.88 Å². The largest absolute Gasteiger partial charge is 0.337 e. The van der Waals surface area contributed by atoms with Gasteiger partial charge in [-0.1, -0.05) is 48.5 Å². The molecule has 4 rings (SSSR count). The van der Waals surface area contributed by atoms with E-state index in [0.29, 0.717) is 22.2 Å². The molecule has 1 N–H and O–H groups in total. The molecule has 0 unspecified atom stereocenters. The Kier molecular flexibility index (Phi) is 6.11. The third kappa shape index (κ3) is 4.85. The number of hydrogen-bond donors (Lipinski definition) is 1. The average molecular weight is 465 g/mol. The number of nitrogens with zero attached hydrogens (tertiary/aromatic N) is 1. The van der Waals surface area contributed by atoms with E-state index in [9.17, 15) is 22.4 Å². The van der Waals surface area contributed by atoms with Crippen LogP contribution in [-0.2, 0) is 26.9 Å². The molecule has 168 valence electrons. The lowest BCUT2D eigenvalue weighted by molar-refractivity contribution is -0.116. The van der Waals surface area contributed by atoms with Gasteiger partial charge in [-0.15, -0.1) is 0 Å². The molecule has 0 aliphatic rings. The molecule has 0 fully saturated rings. The van der Waals surface area contributed by atoms with Crippen LogP contribution in [0.15, 0.2) is 83.9 Å².